The Balaban J connectivity index is 1.69. The second kappa shape index (κ2) is 12.4. The minimum atomic E-state index is -0.224. The van der Waals surface area contributed by atoms with E-state index in [1.54, 1.807) is 0 Å². The predicted octanol–water partition coefficient (Wildman–Crippen LogP) is 4.58. The molecule has 0 aliphatic carbocycles. The van der Waals surface area contributed by atoms with Crippen molar-refractivity contribution >= 4 is 45.2 Å². The summed E-state index contributed by atoms with van der Waals surface area (Å²) in [7, 11) is 0. The number of ether oxygens (including phenoxy) is 3. The molecule has 3 nitrogen and oxygen atoms in total. The van der Waals surface area contributed by atoms with E-state index in [1.807, 2.05) is 6.92 Å². The fraction of sp³-hybridized carbons (Fsp3) is 0.333. The van der Waals surface area contributed by atoms with Gasteiger partial charge in [0.2, 0.25) is 0 Å². The molecule has 0 fully saturated rings. The average Bonchev–Trinajstić information content (AvgIpc) is 2.75. The van der Waals surface area contributed by atoms with Crippen LogP contribution in [-0.4, -0.2) is 13.4 Å². The second-order valence-electron chi connectivity index (χ2n) is 8.68. The van der Waals surface area contributed by atoms with Crippen molar-refractivity contribution in [3.8, 4) is 11.5 Å². The van der Waals surface area contributed by atoms with E-state index in [0.717, 1.165) is 24.2 Å². The molecule has 0 spiro atoms. The first-order valence-electron chi connectivity index (χ1n) is 10.8. The van der Waals surface area contributed by atoms with Crippen LogP contribution in [0.15, 0.2) is 54.6 Å². The third kappa shape index (κ3) is 7.96. The first-order valence-corrected chi connectivity index (χ1v) is 15.2. The van der Waals surface area contributed by atoms with E-state index < -0.39 is 0 Å². The molecule has 0 heterocycles. The summed E-state index contributed by atoms with van der Waals surface area (Å²) in [6.45, 7) is 12.2. The van der Waals surface area contributed by atoms with E-state index in [1.165, 1.54) is 18.3 Å². The van der Waals surface area contributed by atoms with Gasteiger partial charge in [-0.05, 0) is 6.92 Å². The molecule has 0 N–H and O–H groups in total. The van der Waals surface area contributed by atoms with Crippen molar-refractivity contribution < 1.29 is 35.4 Å². The molecule has 0 atom stereocenters. The molecule has 3 aromatic rings. The van der Waals surface area contributed by atoms with Crippen LogP contribution in [0.1, 0.15) is 44.4 Å². The molecule has 0 aliphatic heterocycles. The molecule has 3 aromatic carbocycles. The zero-order valence-electron chi connectivity index (χ0n) is 19.7. The van der Waals surface area contributed by atoms with Crippen LogP contribution in [0.4, 0.5) is 0 Å². The van der Waals surface area contributed by atoms with Crippen molar-refractivity contribution in [3.63, 3.8) is 0 Å². The van der Waals surface area contributed by atoms with Gasteiger partial charge in [-0.2, -0.15) is 0 Å². The van der Waals surface area contributed by atoms with Crippen LogP contribution >= 0.6 is 45.2 Å². The van der Waals surface area contributed by atoms with Crippen molar-refractivity contribution in [1.29, 1.82) is 0 Å². The molecule has 0 bridgehead atoms. The Morgan fingerprint density at radius 1 is 0.909 bits per heavy atom. The van der Waals surface area contributed by atoms with Gasteiger partial charge in [-0.3, -0.25) is 0 Å². The first kappa shape index (κ1) is 27.0. The van der Waals surface area contributed by atoms with Gasteiger partial charge in [-0.15, -0.1) is 0 Å². The number of aryl methyl sites for hydroxylation is 1. The topological polar surface area (TPSA) is 27.7 Å². The van der Waals surface area contributed by atoms with E-state index in [9.17, 15) is 0 Å². The Kier molecular flexibility index (Phi) is 10.1. The quantitative estimate of drug-likeness (QED) is 0.181. The molecule has 3 rings (SSSR count). The standard InChI is InChI=1S/C27H30I3O3/c1-6-31-17-33-26-19(14-21(28)15-24(26)29)16-32-23-11-12-25(18(2)13-23)30-22-9-7-20(8-10-22)27(3,4)5/h7-15H,6,16-17H2,1-5H3/q-1. The molecule has 0 saturated carbocycles. The van der Waals surface area contributed by atoms with E-state index in [2.05, 4.69) is 127 Å². The van der Waals surface area contributed by atoms with Gasteiger partial charge < -0.3 is 0 Å². The molecule has 0 saturated heterocycles. The van der Waals surface area contributed by atoms with Gasteiger partial charge in [0.25, 0.3) is 0 Å². The van der Waals surface area contributed by atoms with Crippen LogP contribution < -0.4 is 30.7 Å². The van der Waals surface area contributed by atoms with E-state index in [0.29, 0.717) is 13.2 Å². The SMILES string of the molecule is CCOCOc1c(I)cc(I)cc1COc1ccc([I-]c2ccc(C(C)(C)C)cc2)c(C)c1. The summed E-state index contributed by atoms with van der Waals surface area (Å²) >= 11 is 4.41. The van der Waals surface area contributed by atoms with Gasteiger partial charge in [0.05, 0.1) is 0 Å². The van der Waals surface area contributed by atoms with Crippen LogP contribution in [0.5, 0.6) is 11.5 Å². The Morgan fingerprint density at radius 3 is 2.27 bits per heavy atom. The van der Waals surface area contributed by atoms with Gasteiger partial charge in [-0.1, -0.05) is 0 Å². The summed E-state index contributed by atoms with van der Waals surface area (Å²) in [6, 6.07) is 19.8. The van der Waals surface area contributed by atoms with Crippen LogP contribution in [0, 0.1) is 21.2 Å². The van der Waals surface area contributed by atoms with Crippen LogP contribution in [0.3, 0.4) is 0 Å². The Bertz CT molecular complexity index is 1070. The average molecular weight is 783 g/mol. The third-order valence-corrected chi connectivity index (χ3v) is 9.58. The van der Waals surface area contributed by atoms with Crippen LogP contribution in [0.2, 0.25) is 0 Å². The van der Waals surface area contributed by atoms with E-state index in [4.69, 9.17) is 14.2 Å². The summed E-state index contributed by atoms with van der Waals surface area (Å²) in [5, 5.41) is 0. The Hall–Kier alpha value is -0.590. The zero-order valence-corrected chi connectivity index (χ0v) is 26.1. The number of benzene rings is 3. The number of hydrogen-bond donors (Lipinski definition) is 0. The molecule has 178 valence electrons. The summed E-state index contributed by atoms with van der Waals surface area (Å²) in [5.41, 5.74) is 3.88. The summed E-state index contributed by atoms with van der Waals surface area (Å²) in [4.78, 5) is 0. The fourth-order valence-electron chi connectivity index (χ4n) is 3.17. The minimum absolute atomic E-state index is 0.189. The normalized spacial score (nSPS) is 11.6. The monoisotopic (exact) mass is 783 g/mol. The van der Waals surface area contributed by atoms with Crippen molar-refractivity contribution in [1.82, 2.24) is 0 Å². The van der Waals surface area contributed by atoms with Gasteiger partial charge >= 0.3 is 231 Å². The molecule has 0 amide bonds. The van der Waals surface area contributed by atoms with Gasteiger partial charge in [0, 0.05) is 0 Å². The number of hydrogen-bond acceptors (Lipinski definition) is 3. The summed E-state index contributed by atoms with van der Waals surface area (Å²) in [6.07, 6.45) is 0. The first-order chi connectivity index (χ1) is 15.7. The van der Waals surface area contributed by atoms with Gasteiger partial charge in [0.1, 0.15) is 0 Å². The molecule has 6 heteroatoms. The molecule has 0 aromatic heterocycles. The summed E-state index contributed by atoms with van der Waals surface area (Å²) < 4.78 is 22.5. The van der Waals surface area contributed by atoms with Crippen molar-refractivity contribution in [2.75, 3.05) is 13.4 Å². The zero-order chi connectivity index (χ0) is 24.0. The van der Waals surface area contributed by atoms with Crippen molar-refractivity contribution in [3.05, 3.63) is 85.6 Å². The molecule has 33 heavy (non-hydrogen) atoms. The second-order valence-corrected chi connectivity index (χ2v) is 14.0. The fourth-order valence-corrected chi connectivity index (χ4v) is 7.62. The molecular formula is C27H30I3O3-. The van der Waals surface area contributed by atoms with Crippen LogP contribution in [0.25, 0.3) is 0 Å². The number of rotatable bonds is 9. The third-order valence-electron chi connectivity index (χ3n) is 5.02. The van der Waals surface area contributed by atoms with Gasteiger partial charge in [-0.25, -0.2) is 0 Å². The van der Waals surface area contributed by atoms with Gasteiger partial charge in [0.15, 0.2) is 0 Å². The van der Waals surface area contributed by atoms with E-state index in [-0.39, 0.29) is 33.4 Å². The molecular weight excluding hydrogens is 753 g/mol. The Morgan fingerprint density at radius 2 is 1.64 bits per heavy atom. The number of halogens is 3. The predicted molar refractivity (Wildman–Crippen MR) is 147 cm³/mol. The molecule has 0 radical (unpaired) electrons. The van der Waals surface area contributed by atoms with Crippen LogP contribution in [-0.2, 0) is 16.8 Å². The van der Waals surface area contributed by atoms with E-state index >= 15 is 0 Å². The Labute approximate surface area is 235 Å². The maximum atomic E-state index is 6.17. The molecule has 0 unspecified atom stereocenters. The summed E-state index contributed by atoms with van der Waals surface area (Å²) in [5.74, 6) is 1.72. The van der Waals surface area contributed by atoms with Crippen molar-refractivity contribution in [2.45, 2.75) is 46.6 Å². The van der Waals surface area contributed by atoms with Crippen molar-refractivity contribution in [2.24, 2.45) is 0 Å². The maximum absolute atomic E-state index is 6.17. The molecule has 0 aliphatic rings.